The van der Waals surface area contributed by atoms with Crippen LogP contribution >= 0.6 is 0 Å². The largest absolute Gasteiger partial charge is 0.369 e. The first kappa shape index (κ1) is 13.7. The number of nitrogens with two attached hydrogens (primary N) is 1. The summed E-state index contributed by atoms with van der Waals surface area (Å²) in [5.41, 5.74) is 4.16. The van der Waals surface area contributed by atoms with Crippen molar-refractivity contribution < 1.29 is 9.59 Å². The molecule has 0 fully saturated rings. The van der Waals surface area contributed by atoms with Crippen molar-refractivity contribution in [3.8, 4) is 0 Å². The molecule has 0 bridgehead atoms. The van der Waals surface area contributed by atoms with E-state index in [4.69, 9.17) is 5.73 Å². The number of rotatable bonds is 3. The molecule has 88 valence electrons. The van der Waals surface area contributed by atoms with E-state index < -0.39 is 11.3 Å². The summed E-state index contributed by atoms with van der Waals surface area (Å²) in [5, 5.41) is 5.34. The third-order valence-electron chi connectivity index (χ3n) is 1.85. The van der Waals surface area contributed by atoms with Crippen LogP contribution in [0, 0.1) is 5.41 Å². The molecule has 0 heterocycles. The highest BCUT2D eigenvalue weighted by atomic mass is 16.2. The predicted molar refractivity (Wildman–Crippen MR) is 59.3 cm³/mol. The number of primary amides is 1. The van der Waals surface area contributed by atoms with Gasteiger partial charge >= 0.3 is 6.03 Å². The number of nitrogens with one attached hydrogen (secondary N) is 2. The summed E-state index contributed by atoms with van der Waals surface area (Å²) < 4.78 is 0. The van der Waals surface area contributed by atoms with Gasteiger partial charge in [-0.1, -0.05) is 0 Å². The number of hydrogen-bond donors (Lipinski definition) is 3. The molecule has 3 amide bonds. The Morgan fingerprint density at radius 3 is 1.93 bits per heavy atom. The zero-order valence-corrected chi connectivity index (χ0v) is 10.1. The van der Waals surface area contributed by atoms with E-state index in [1.54, 1.807) is 13.8 Å². The van der Waals surface area contributed by atoms with Crippen LogP contribution in [0.25, 0.3) is 0 Å². The Hall–Kier alpha value is -1.26. The van der Waals surface area contributed by atoms with E-state index >= 15 is 0 Å². The fourth-order valence-corrected chi connectivity index (χ4v) is 0.773. The first-order valence-corrected chi connectivity index (χ1v) is 4.90. The summed E-state index contributed by atoms with van der Waals surface area (Å²) >= 11 is 0. The average Bonchev–Trinajstić information content (AvgIpc) is 1.97. The monoisotopic (exact) mass is 215 g/mol. The highest BCUT2D eigenvalue weighted by molar-refractivity contribution is 5.81. The van der Waals surface area contributed by atoms with Crippen LogP contribution in [0.3, 0.4) is 0 Å². The lowest BCUT2D eigenvalue weighted by molar-refractivity contribution is -0.125. The van der Waals surface area contributed by atoms with Crippen molar-refractivity contribution in [2.24, 2.45) is 11.1 Å². The van der Waals surface area contributed by atoms with Gasteiger partial charge in [0.15, 0.2) is 0 Å². The first-order valence-electron chi connectivity index (χ1n) is 4.90. The Bertz CT molecular complexity index is 254. The van der Waals surface area contributed by atoms with Crippen LogP contribution in [0.2, 0.25) is 0 Å². The van der Waals surface area contributed by atoms with Gasteiger partial charge in [0.2, 0.25) is 5.91 Å². The van der Waals surface area contributed by atoms with Gasteiger partial charge in [-0.3, -0.25) is 4.79 Å². The van der Waals surface area contributed by atoms with Gasteiger partial charge in [-0.2, -0.15) is 0 Å². The van der Waals surface area contributed by atoms with Crippen molar-refractivity contribution in [1.29, 1.82) is 0 Å². The van der Waals surface area contributed by atoms with Crippen LogP contribution < -0.4 is 16.4 Å². The van der Waals surface area contributed by atoms with Gasteiger partial charge < -0.3 is 16.4 Å². The Kier molecular flexibility index (Phi) is 4.13. The highest BCUT2D eigenvalue weighted by Crippen LogP contribution is 2.11. The zero-order valence-electron chi connectivity index (χ0n) is 10.1. The zero-order chi connectivity index (χ0) is 12.3. The second-order valence-corrected chi connectivity index (χ2v) is 5.31. The average molecular weight is 215 g/mol. The molecule has 15 heavy (non-hydrogen) atoms. The van der Waals surface area contributed by atoms with Gasteiger partial charge in [0, 0.05) is 12.1 Å². The van der Waals surface area contributed by atoms with Crippen LogP contribution in [0.1, 0.15) is 34.6 Å². The van der Waals surface area contributed by atoms with Crippen molar-refractivity contribution in [3.63, 3.8) is 0 Å². The van der Waals surface area contributed by atoms with E-state index in [0.29, 0.717) is 0 Å². The molecule has 5 nitrogen and oxygen atoms in total. The number of urea groups is 1. The molecule has 5 heteroatoms. The normalized spacial score (nSPS) is 12.1. The van der Waals surface area contributed by atoms with E-state index in [-0.39, 0.29) is 18.1 Å². The van der Waals surface area contributed by atoms with Crippen LogP contribution in [-0.2, 0) is 4.79 Å². The molecule has 0 spiro atoms. The third kappa shape index (κ3) is 5.93. The van der Waals surface area contributed by atoms with Gasteiger partial charge in [-0.05, 0) is 34.6 Å². The lowest BCUT2D eigenvalue weighted by Crippen LogP contribution is -2.50. The number of carbonyl (C=O) groups is 2. The molecule has 0 rings (SSSR count). The lowest BCUT2D eigenvalue weighted by Gasteiger charge is -2.24. The Morgan fingerprint density at radius 1 is 1.13 bits per heavy atom. The highest BCUT2D eigenvalue weighted by Gasteiger charge is 2.25. The molecule has 0 radical (unpaired) electrons. The molecule has 0 aromatic heterocycles. The SMILES string of the molecule is CC(C)(C)NC(=O)NCC(C)(C)C(N)=O. The molecule has 0 aliphatic rings. The third-order valence-corrected chi connectivity index (χ3v) is 1.85. The van der Waals surface area contributed by atoms with Crippen LogP contribution in [-0.4, -0.2) is 24.0 Å². The van der Waals surface area contributed by atoms with Crippen molar-refractivity contribution in [2.45, 2.75) is 40.2 Å². The molecule has 0 aliphatic heterocycles. The molecule has 0 saturated carbocycles. The van der Waals surface area contributed by atoms with Gasteiger partial charge in [0.1, 0.15) is 0 Å². The minimum atomic E-state index is -0.727. The van der Waals surface area contributed by atoms with E-state index in [9.17, 15) is 9.59 Å². The predicted octanol–water partition coefficient (Wildman–Crippen LogP) is 0.596. The van der Waals surface area contributed by atoms with Crippen molar-refractivity contribution in [3.05, 3.63) is 0 Å². The van der Waals surface area contributed by atoms with E-state index in [1.165, 1.54) is 0 Å². The van der Waals surface area contributed by atoms with Crippen molar-refractivity contribution >= 4 is 11.9 Å². The van der Waals surface area contributed by atoms with Gasteiger partial charge in [-0.25, -0.2) is 4.79 Å². The van der Waals surface area contributed by atoms with E-state index in [0.717, 1.165) is 0 Å². The van der Waals surface area contributed by atoms with Crippen LogP contribution in [0.5, 0.6) is 0 Å². The second kappa shape index (κ2) is 4.51. The van der Waals surface area contributed by atoms with Crippen LogP contribution in [0.15, 0.2) is 0 Å². The Labute approximate surface area is 90.8 Å². The minimum Gasteiger partial charge on any atom is -0.369 e. The molecule has 4 N–H and O–H groups in total. The maximum absolute atomic E-state index is 11.4. The molecule has 0 atom stereocenters. The lowest BCUT2D eigenvalue weighted by atomic mass is 9.93. The summed E-state index contributed by atoms with van der Waals surface area (Å²) in [6.07, 6.45) is 0. The van der Waals surface area contributed by atoms with E-state index in [1.807, 2.05) is 20.8 Å². The molecule has 0 aromatic rings. The summed E-state index contributed by atoms with van der Waals surface area (Å²) in [6, 6.07) is -0.295. The van der Waals surface area contributed by atoms with Gasteiger partial charge in [0.05, 0.1) is 5.41 Å². The maximum atomic E-state index is 11.4. The molecule has 0 aromatic carbocycles. The Morgan fingerprint density at radius 2 is 1.60 bits per heavy atom. The number of amides is 3. The second-order valence-electron chi connectivity index (χ2n) is 5.31. The summed E-state index contributed by atoms with van der Waals surface area (Å²) in [5.74, 6) is -0.432. The molecule has 0 saturated heterocycles. The fraction of sp³-hybridized carbons (Fsp3) is 0.800. The molecular formula is C10H21N3O2. The Balaban J connectivity index is 4.07. The first-order chi connectivity index (χ1) is 6.54. The smallest absolute Gasteiger partial charge is 0.315 e. The van der Waals surface area contributed by atoms with Gasteiger partial charge in [-0.15, -0.1) is 0 Å². The standard InChI is InChI=1S/C10H21N3O2/c1-9(2,3)13-8(15)12-6-10(4,5)7(11)14/h6H2,1-5H3,(H2,11,14)(H2,12,13,15). The summed E-state index contributed by atoms with van der Waals surface area (Å²) in [7, 11) is 0. The summed E-state index contributed by atoms with van der Waals surface area (Å²) in [6.45, 7) is 9.24. The topological polar surface area (TPSA) is 84.2 Å². The molecule has 0 aliphatic carbocycles. The summed E-state index contributed by atoms with van der Waals surface area (Å²) in [4.78, 5) is 22.3. The quantitative estimate of drug-likeness (QED) is 0.644. The molecule has 0 unspecified atom stereocenters. The van der Waals surface area contributed by atoms with Gasteiger partial charge in [0.25, 0.3) is 0 Å². The fourth-order valence-electron chi connectivity index (χ4n) is 0.773. The van der Waals surface area contributed by atoms with Crippen LogP contribution in [0.4, 0.5) is 4.79 Å². The number of hydrogen-bond acceptors (Lipinski definition) is 2. The molecular weight excluding hydrogens is 194 g/mol. The minimum absolute atomic E-state index is 0.226. The number of carbonyl (C=O) groups excluding carboxylic acids is 2. The van der Waals surface area contributed by atoms with Crippen molar-refractivity contribution in [1.82, 2.24) is 10.6 Å². The van der Waals surface area contributed by atoms with Crippen molar-refractivity contribution in [2.75, 3.05) is 6.54 Å². The maximum Gasteiger partial charge on any atom is 0.315 e. The van der Waals surface area contributed by atoms with E-state index in [2.05, 4.69) is 10.6 Å².